The number of carbonyl (C=O) groups is 1. The van der Waals surface area contributed by atoms with Gasteiger partial charge in [0.2, 0.25) is 5.91 Å². The van der Waals surface area contributed by atoms with Crippen molar-refractivity contribution in [2.45, 2.75) is 13.0 Å². The first-order valence-electron chi connectivity index (χ1n) is 6.59. The van der Waals surface area contributed by atoms with Gasteiger partial charge in [0.15, 0.2) is 0 Å². The molecule has 1 aromatic rings. The van der Waals surface area contributed by atoms with E-state index in [1.54, 1.807) is 11.8 Å². The molecule has 7 nitrogen and oxygen atoms in total. The van der Waals surface area contributed by atoms with Gasteiger partial charge in [0, 0.05) is 26.7 Å². The van der Waals surface area contributed by atoms with Gasteiger partial charge in [-0.15, -0.1) is 0 Å². The molecule has 1 heterocycles. The fourth-order valence-electron chi connectivity index (χ4n) is 2.43. The summed E-state index contributed by atoms with van der Waals surface area (Å²) in [6, 6.07) is 1.77. The number of amides is 1. The molecule has 1 saturated heterocycles. The van der Waals surface area contributed by atoms with Crippen LogP contribution in [-0.4, -0.2) is 43.6 Å². The number of halogens is 1. The van der Waals surface area contributed by atoms with Crippen molar-refractivity contribution < 1.29 is 14.1 Å². The van der Waals surface area contributed by atoms with Crippen LogP contribution in [0.4, 0.5) is 15.8 Å². The zero-order valence-corrected chi connectivity index (χ0v) is 11.9. The maximum atomic E-state index is 13.6. The van der Waals surface area contributed by atoms with Gasteiger partial charge in [-0.05, 0) is 18.6 Å². The van der Waals surface area contributed by atoms with Gasteiger partial charge in [-0.25, -0.2) is 4.39 Å². The fraction of sp³-hybridized carbons (Fsp3) is 0.462. The summed E-state index contributed by atoms with van der Waals surface area (Å²) in [5.74, 6) is -0.865. The minimum absolute atomic E-state index is 0.238. The van der Waals surface area contributed by atoms with Crippen LogP contribution in [0.3, 0.4) is 0 Å². The number of nitrogens with one attached hydrogen (secondary N) is 2. The van der Waals surface area contributed by atoms with Gasteiger partial charge in [0.1, 0.15) is 17.5 Å². The normalized spacial score (nSPS) is 18.4. The number of aryl methyl sites for hydroxylation is 1. The lowest BCUT2D eigenvalue weighted by molar-refractivity contribution is -0.384. The molecule has 0 spiro atoms. The highest BCUT2D eigenvalue weighted by Gasteiger charge is 2.32. The van der Waals surface area contributed by atoms with Crippen molar-refractivity contribution in [2.24, 2.45) is 0 Å². The topological polar surface area (TPSA) is 87.5 Å². The molecule has 21 heavy (non-hydrogen) atoms. The average Bonchev–Trinajstić information content (AvgIpc) is 2.48. The standard InChI is InChI=1S/C13H17FN4O3/c1-8-5-10(11(18(20)21)6-9(8)14)17-4-3-16-7-12(17)13(19)15-2/h5-6,12,16H,3-4,7H2,1-2H3,(H,15,19). The molecule has 0 bridgehead atoms. The fourth-order valence-corrected chi connectivity index (χ4v) is 2.43. The lowest BCUT2D eigenvalue weighted by atomic mass is 10.1. The number of anilines is 1. The Balaban J connectivity index is 2.49. The number of nitro benzene ring substituents is 1. The number of nitro groups is 1. The quantitative estimate of drug-likeness (QED) is 0.629. The third-order valence-electron chi connectivity index (χ3n) is 3.55. The van der Waals surface area contributed by atoms with E-state index in [4.69, 9.17) is 0 Å². The Morgan fingerprint density at radius 1 is 1.57 bits per heavy atom. The van der Waals surface area contributed by atoms with Crippen LogP contribution in [0.15, 0.2) is 12.1 Å². The van der Waals surface area contributed by atoms with Crippen molar-refractivity contribution in [3.63, 3.8) is 0 Å². The Hall–Kier alpha value is -2.22. The molecule has 0 aromatic heterocycles. The van der Waals surface area contributed by atoms with Crippen molar-refractivity contribution in [3.8, 4) is 0 Å². The third-order valence-corrected chi connectivity index (χ3v) is 3.55. The molecule has 2 N–H and O–H groups in total. The second-order valence-electron chi connectivity index (χ2n) is 4.87. The van der Waals surface area contributed by atoms with Gasteiger partial charge < -0.3 is 15.5 Å². The highest BCUT2D eigenvalue weighted by atomic mass is 19.1. The maximum absolute atomic E-state index is 13.6. The Morgan fingerprint density at radius 3 is 2.90 bits per heavy atom. The van der Waals surface area contributed by atoms with E-state index < -0.39 is 16.8 Å². The summed E-state index contributed by atoms with van der Waals surface area (Å²) in [5, 5.41) is 16.8. The van der Waals surface area contributed by atoms with Crippen LogP contribution in [0.1, 0.15) is 5.56 Å². The zero-order valence-electron chi connectivity index (χ0n) is 11.9. The Bertz CT molecular complexity index is 579. The summed E-state index contributed by atoms with van der Waals surface area (Å²) in [6.07, 6.45) is 0. The molecule has 2 rings (SSSR count). The van der Waals surface area contributed by atoms with E-state index in [0.717, 1.165) is 6.07 Å². The Labute approximate surface area is 121 Å². The molecule has 0 saturated carbocycles. The first-order valence-corrected chi connectivity index (χ1v) is 6.59. The number of piperazine rings is 1. The summed E-state index contributed by atoms with van der Waals surface area (Å²) in [7, 11) is 1.51. The van der Waals surface area contributed by atoms with E-state index in [-0.39, 0.29) is 17.3 Å². The summed E-state index contributed by atoms with van der Waals surface area (Å²) in [6.45, 7) is 2.96. The summed E-state index contributed by atoms with van der Waals surface area (Å²) < 4.78 is 13.6. The van der Waals surface area contributed by atoms with Gasteiger partial charge in [0.05, 0.1) is 11.0 Å². The van der Waals surface area contributed by atoms with E-state index in [2.05, 4.69) is 10.6 Å². The van der Waals surface area contributed by atoms with Gasteiger partial charge in [-0.2, -0.15) is 0 Å². The maximum Gasteiger partial charge on any atom is 0.295 e. The lowest BCUT2D eigenvalue weighted by Crippen LogP contribution is -2.57. The number of carbonyl (C=O) groups excluding carboxylic acids is 1. The highest BCUT2D eigenvalue weighted by Crippen LogP contribution is 2.32. The van der Waals surface area contributed by atoms with Crippen molar-refractivity contribution in [3.05, 3.63) is 33.6 Å². The van der Waals surface area contributed by atoms with Crippen LogP contribution < -0.4 is 15.5 Å². The Morgan fingerprint density at radius 2 is 2.29 bits per heavy atom. The van der Waals surface area contributed by atoms with Gasteiger partial charge >= 0.3 is 0 Å². The van der Waals surface area contributed by atoms with E-state index in [1.165, 1.54) is 13.1 Å². The first kappa shape index (κ1) is 15.2. The molecule has 1 atom stereocenters. The second kappa shape index (κ2) is 6.04. The Kier molecular flexibility index (Phi) is 4.37. The van der Waals surface area contributed by atoms with E-state index in [0.29, 0.717) is 25.2 Å². The van der Waals surface area contributed by atoms with Gasteiger partial charge in [-0.3, -0.25) is 14.9 Å². The molecule has 1 aliphatic rings. The van der Waals surface area contributed by atoms with Crippen LogP contribution in [0, 0.1) is 22.9 Å². The van der Waals surface area contributed by atoms with Crippen LogP contribution >= 0.6 is 0 Å². The number of rotatable bonds is 3. The molecule has 1 aromatic carbocycles. The van der Waals surface area contributed by atoms with Crippen LogP contribution in [0.2, 0.25) is 0 Å². The van der Waals surface area contributed by atoms with Crippen LogP contribution in [0.25, 0.3) is 0 Å². The number of likely N-dealkylation sites (N-methyl/N-ethyl adjacent to an activating group) is 1. The number of nitrogens with zero attached hydrogens (tertiary/aromatic N) is 2. The smallest absolute Gasteiger partial charge is 0.295 e. The van der Waals surface area contributed by atoms with Crippen molar-refractivity contribution in [1.82, 2.24) is 10.6 Å². The van der Waals surface area contributed by atoms with E-state index in [9.17, 15) is 19.3 Å². The molecule has 1 fully saturated rings. The molecule has 1 unspecified atom stereocenters. The largest absolute Gasteiger partial charge is 0.357 e. The van der Waals surface area contributed by atoms with Gasteiger partial charge in [0.25, 0.3) is 5.69 Å². The van der Waals surface area contributed by atoms with Crippen molar-refractivity contribution in [2.75, 3.05) is 31.6 Å². The SMILES string of the molecule is CNC(=O)C1CNCCN1c1cc(C)c(F)cc1[N+](=O)[O-]. The average molecular weight is 296 g/mol. The van der Waals surface area contributed by atoms with Gasteiger partial charge in [-0.1, -0.05) is 0 Å². The molecule has 0 radical (unpaired) electrons. The molecule has 114 valence electrons. The van der Waals surface area contributed by atoms with Crippen molar-refractivity contribution in [1.29, 1.82) is 0 Å². The second-order valence-corrected chi connectivity index (χ2v) is 4.87. The third kappa shape index (κ3) is 2.94. The summed E-state index contributed by atoms with van der Waals surface area (Å²) >= 11 is 0. The minimum atomic E-state index is -0.628. The molecule has 0 aliphatic carbocycles. The monoisotopic (exact) mass is 296 g/mol. The molecule has 1 amide bonds. The highest BCUT2D eigenvalue weighted by molar-refractivity contribution is 5.86. The number of benzene rings is 1. The molecule has 1 aliphatic heterocycles. The summed E-state index contributed by atoms with van der Waals surface area (Å²) in [5.41, 5.74) is 0.257. The zero-order chi connectivity index (χ0) is 15.6. The van der Waals surface area contributed by atoms with Crippen LogP contribution in [-0.2, 0) is 4.79 Å². The summed E-state index contributed by atoms with van der Waals surface area (Å²) in [4.78, 5) is 24.1. The first-order chi connectivity index (χ1) is 9.95. The minimum Gasteiger partial charge on any atom is -0.357 e. The molecular formula is C13H17FN4O3. The molecule has 8 heteroatoms. The van der Waals surface area contributed by atoms with E-state index in [1.807, 2.05) is 0 Å². The predicted octanol–water partition coefficient (Wildman–Crippen LogP) is 0.567. The lowest BCUT2D eigenvalue weighted by Gasteiger charge is -2.36. The van der Waals surface area contributed by atoms with Crippen molar-refractivity contribution >= 4 is 17.3 Å². The van der Waals surface area contributed by atoms with Crippen LogP contribution in [0.5, 0.6) is 0 Å². The number of hydrogen-bond acceptors (Lipinski definition) is 5. The predicted molar refractivity (Wildman–Crippen MR) is 75.9 cm³/mol. The number of hydrogen-bond donors (Lipinski definition) is 2. The molecular weight excluding hydrogens is 279 g/mol. The van der Waals surface area contributed by atoms with E-state index >= 15 is 0 Å².